The number of carbonyl (C=O) groups is 1. The van der Waals surface area contributed by atoms with Crippen molar-refractivity contribution in [1.29, 1.82) is 0 Å². The minimum Gasteiger partial charge on any atom is -0.478 e. The van der Waals surface area contributed by atoms with E-state index in [0.717, 1.165) is 0 Å². The van der Waals surface area contributed by atoms with Crippen molar-refractivity contribution in [3.63, 3.8) is 0 Å². The molecule has 1 rings (SSSR count). The molecule has 1 aromatic carbocycles. The zero-order chi connectivity index (χ0) is 15.5. The van der Waals surface area contributed by atoms with Gasteiger partial charge in [0.1, 0.15) is 0 Å². The van der Waals surface area contributed by atoms with Gasteiger partial charge in [-0.05, 0) is 43.4 Å². The van der Waals surface area contributed by atoms with Gasteiger partial charge in [0, 0.05) is 11.8 Å². The molecule has 0 aliphatic rings. The lowest BCUT2D eigenvalue weighted by Crippen LogP contribution is -2.30. The van der Waals surface area contributed by atoms with Gasteiger partial charge in [0.05, 0.1) is 10.5 Å². The fourth-order valence-electron chi connectivity index (χ4n) is 1.62. The highest BCUT2D eigenvalue weighted by molar-refractivity contribution is 7.99. The number of thioether (sulfide) groups is 1. The van der Waals surface area contributed by atoms with E-state index in [1.807, 2.05) is 13.2 Å². The highest BCUT2D eigenvalue weighted by Gasteiger charge is 2.21. The Morgan fingerprint density at radius 1 is 1.40 bits per heavy atom. The number of aryl methyl sites for hydroxylation is 1. The van der Waals surface area contributed by atoms with E-state index in [0.29, 0.717) is 17.7 Å². The molecule has 2 N–H and O–H groups in total. The van der Waals surface area contributed by atoms with Crippen molar-refractivity contribution in [3.8, 4) is 0 Å². The third-order valence-electron chi connectivity index (χ3n) is 3.12. The lowest BCUT2D eigenvalue weighted by molar-refractivity contribution is 0.0696. The van der Waals surface area contributed by atoms with Crippen LogP contribution in [-0.2, 0) is 10.0 Å². The molecule has 0 radical (unpaired) electrons. The topological polar surface area (TPSA) is 83.5 Å². The summed E-state index contributed by atoms with van der Waals surface area (Å²) in [6.45, 7) is 5.59. The first-order chi connectivity index (χ1) is 9.19. The third-order valence-corrected chi connectivity index (χ3v) is 5.64. The van der Waals surface area contributed by atoms with E-state index in [2.05, 4.69) is 4.72 Å². The van der Waals surface area contributed by atoms with E-state index in [1.54, 1.807) is 25.6 Å². The van der Waals surface area contributed by atoms with E-state index in [4.69, 9.17) is 5.11 Å². The van der Waals surface area contributed by atoms with Crippen molar-refractivity contribution in [3.05, 3.63) is 28.8 Å². The molecule has 0 bridgehead atoms. The first kappa shape index (κ1) is 17.0. The van der Waals surface area contributed by atoms with E-state index in [-0.39, 0.29) is 15.7 Å². The molecule has 1 atom stereocenters. The summed E-state index contributed by atoms with van der Waals surface area (Å²) in [5, 5.41) is 9.18. The maximum absolute atomic E-state index is 12.3. The Morgan fingerprint density at radius 2 is 2.00 bits per heavy atom. The molecule has 0 heterocycles. The van der Waals surface area contributed by atoms with Crippen molar-refractivity contribution in [2.75, 3.05) is 12.8 Å². The predicted molar refractivity (Wildman–Crippen MR) is 81.0 cm³/mol. The second kappa shape index (κ2) is 6.60. The average molecular weight is 317 g/mol. The quantitative estimate of drug-likeness (QED) is 0.839. The number of aromatic carboxylic acids is 1. The van der Waals surface area contributed by atoms with Crippen LogP contribution in [0.25, 0.3) is 0 Å². The largest absolute Gasteiger partial charge is 0.478 e. The number of nitrogens with one attached hydrogen (secondary N) is 1. The molecule has 112 valence electrons. The van der Waals surface area contributed by atoms with Crippen molar-refractivity contribution in [1.82, 2.24) is 4.72 Å². The molecule has 7 heteroatoms. The van der Waals surface area contributed by atoms with Gasteiger partial charge in [-0.25, -0.2) is 17.9 Å². The summed E-state index contributed by atoms with van der Waals surface area (Å²) in [4.78, 5) is 11.1. The smallest absolute Gasteiger partial charge is 0.335 e. The van der Waals surface area contributed by atoms with Gasteiger partial charge >= 0.3 is 5.97 Å². The van der Waals surface area contributed by atoms with Gasteiger partial charge in [0.2, 0.25) is 10.0 Å². The number of rotatable bonds is 6. The fourth-order valence-corrected chi connectivity index (χ4v) is 3.44. The van der Waals surface area contributed by atoms with E-state index in [1.165, 1.54) is 12.1 Å². The average Bonchev–Trinajstić information content (AvgIpc) is 2.38. The van der Waals surface area contributed by atoms with Gasteiger partial charge in [-0.1, -0.05) is 6.92 Å². The Kier molecular flexibility index (Phi) is 5.61. The van der Waals surface area contributed by atoms with Crippen molar-refractivity contribution >= 4 is 27.8 Å². The van der Waals surface area contributed by atoms with Crippen LogP contribution in [0, 0.1) is 13.8 Å². The standard InChI is InChI=1S/C13H19NO4S2/c1-8-5-11(13(15)16)6-12(10(8)3)20(17,18)14-7-9(2)19-4/h5-6,9,14H,7H2,1-4H3,(H,15,16). The number of hydrogen-bond donors (Lipinski definition) is 2. The van der Waals surface area contributed by atoms with Crippen LogP contribution in [0.15, 0.2) is 17.0 Å². The first-order valence-corrected chi connectivity index (χ1v) is 8.83. The molecule has 1 aromatic rings. The Balaban J connectivity index is 3.20. The van der Waals surface area contributed by atoms with Crippen LogP contribution in [0.3, 0.4) is 0 Å². The van der Waals surface area contributed by atoms with Crippen molar-refractivity contribution in [2.24, 2.45) is 0 Å². The molecule has 0 aliphatic carbocycles. The molecule has 0 aliphatic heterocycles. The molecular formula is C13H19NO4S2. The molecule has 0 aromatic heterocycles. The van der Waals surface area contributed by atoms with Crippen molar-refractivity contribution < 1.29 is 18.3 Å². The zero-order valence-corrected chi connectivity index (χ0v) is 13.6. The van der Waals surface area contributed by atoms with Crippen LogP contribution >= 0.6 is 11.8 Å². The fraction of sp³-hybridized carbons (Fsp3) is 0.462. The minimum atomic E-state index is -3.70. The molecule has 0 fully saturated rings. The van der Waals surface area contributed by atoms with Crippen LogP contribution < -0.4 is 4.72 Å². The van der Waals surface area contributed by atoms with E-state index < -0.39 is 16.0 Å². The summed E-state index contributed by atoms with van der Waals surface area (Å²) in [6.07, 6.45) is 1.90. The minimum absolute atomic E-state index is 0.0219. The second-order valence-electron chi connectivity index (χ2n) is 4.62. The summed E-state index contributed by atoms with van der Waals surface area (Å²) in [5.41, 5.74) is 1.19. The normalized spacial score (nSPS) is 13.2. The number of carboxylic acids is 1. The van der Waals surface area contributed by atoms with Gasteiger partial charge in [0.25, 0.3) is 0 Å². The predicted octanol–water partition coefficient (Wildman–Crippen LogP) is 2.03. The zero-order valence-electron chi connectivity index (χ0n) is 11.9. The molecule has 1 unspecified atom stereocenters. The van der Waals surface area contributed by atoms with Gasteiger partial charge in [-0.3, -0.25) is 0 Å². The highest BCUT2D eigenvalue weighted by atomic mass is 32.2. The summed E-state index contributed by atoms with van der Waals surface area (Å²) in [5.74, 6) is -1.14. The summed E-state index contributed by atoms with van der Waals surface area (Å²) in [6, 6.07) is 2.68. The highest BCUT2D eigenvalue weighted by Crippen LogP contribution is 2.21. The lowest BCUT2D eigenvalue weighted by Gasteiger charge is -2.14. The third kappa shape index (κ3) is 3.97. The Bertz CT molecular complexity index is 611. The van der Waals surface area contributed by atoms with E-state index >= 15 is 0 Å². The van der Waals surface area contributed by atoms with Gasteiger partial charge in [0.15, 0.2) is 0 Å². The molecule has 5 nitrogen and oxygen atoms in total. The van der Waals surface area contributed by atoms with Crippen LogP contribution in [0.5, 0.6) is 0 Å². The SMILES string of the molecule is CSC(C)CNS(=O)(=O)c1cc(C(=O)O)cc(C)c1C. The maximum atomic E-state index is 12.3. The van der Waals surface area contributed by atoms with Crippen LogP contribution in [0.2, 0.25) is 0 Å². The van der Waals surface area contributed by atoms with Gasteiger partial charge in [-0.15, -0.1) is 0 Å². The van der Waals surface area contributed by atoms with Gasteiger partial charge in [-0.2, -0.15) is 11.8 Å². The number of hydrogen-bond acceptors (Lipinski definition) is 4. The number of sulfonamides is 1. The first-order valence-electron chi connectivity index (χ1n) is 6.06. The Hall–Kier alpha value is -1.05. The van der Waals surface area contributed by atoms with Crippen LogP contribution in [0.1, 0.15) is 28.4 Å². The second-order valence-corrected chi connectivity index (χ2v) is 7.63. The Labute approximate surface area is 123 Å². The maximum Gasteiger partial charge on any atom is 0.335 e. The molecule has 0 saturated heterocycles. The molecular weight excluding hydrogens is 298 g/mol. The van der Waals surface area contributed by atoms with Crippen molar-refractivity contribution in [2.45, 2.75) is 30.9 Å². The Morgan fingerprint density at radius 3 is 2.50 bits per heavy atom. The molecule has 0 saturated carbocycles. The van der Waals surface area contributed by atoms with Crippen LogP contribution in [0.4, 0.5) is 0 Å². The molecule has 20 heavy (non-hydrogen) atoms. The van der Waals surface area contributed by atoms with Crippen LogP contribution in [-0.4, -0.2) is 37.5 Å². The van der Waals surface area contributed by atoms with Gasteiger partial charge < -0.3 is 5.11 Å². The number of benzene rings is 1. The summed E-state index contributed by atoms with van der Waals surface area (Å²) >= 11 is 1.55. The summed E-state index contributed by atoms with van der Waals surface area (Å²) < 4.78 is 27.1. The monoisotopic (exact) mass is 317 g/mol. The van der Waals surface area contributed by atoms with E-state index in [9.17, 15) is 13.2 Å². The molecule has 0 amide bonds. The summed E-state index contributed by atoms with van der Waals surface area (Å²) in [7, 11) is -3.70. The lowest BCUT2D eigenvalue weighted by atomic mass is 10.1. The molecule has 0 spiro atoms. The number of carboxylic acid groups (broad SMARTS) is 1.